The summed E-state index contributed by atoms with van der Waals surface area (Å²) in [5.74, 6) is 0.936. The molecule has 3 aliphatic rings. The second-order valence-electron chi connectivity index (χ2n) is 7.61. The molecule has 2 atom stereocenters. The van der Waals surface area contributed by atoms with Crippen molar-refractivity contribution in [3.8, 4) is 0 Å². The average molecular weight is 280 g/mol. The zero-order valence-corrected chi connectivity index (χ0v) is 13.4. The SMILES string of the molecule is CCNCC1(CN2CC3CCC(C2)O3)CCC(C)CC1. The molecule has 0 aromatic heterocycles. The number of nitrogens with zero attached hydrogens (tertiary/aromatic N) is 1. The Morgan fingerprint density at radius 3 is 2.35 bits per heavy atom. The van der Waals surface area contributed by atoms with E-state index >= 15 is 0 Å². The Morgan fingerprint density at radius 1 is 1.10 bits per heavy atom. The molecule has 2 saturated heterocycles. The first-order valence-corrected chi connectivity index (χ1v) is 8.78. The molecule has 1 N–H and O–H groups in total. The van der Waals surface area contributed by atoms with Crippen LogP contribution in [0.1, 0.15) is 52.4 Å². The van der Waals surface area contributed by atoms with E-state index in [1.165, 1.54) is 64.7 Å². The highest BCUT2D eigenvalue weighted by Gasteiger charge is 2.40. The molecule has 2 bridgehead atoms. The van der Waals surface area contributed by atoms with Crippen LogP contribution in [0.15, 0.2) is 0 Å². The van der Waals surface area contributed by atoms with Gasteiger partial charge in [-0.15, -0.1) is 0 Å². The largest absolute Gasteiger partial charge is 0.372 e. The van der Waals surface area contributed by atoms with Crippen molar-refractivity contribution in [2.45, 2.75) is 64.6 Å². The van der Waals surface area contributed by atoms with Gasteiger partial charge in [-0.05, 0) is 43.6 Å². The first-order chi connectivity index (χ1) is 9.69. The van der Waals surface area contributed by atoms with Gasteiger partial charge in [-0.25, -0.2) is 0 Å². The molecule has 2 aliphatic heterocycles. The van der Waals surface area contributed by atoms with Gasteiger partial charge in [0.2, 0.25) is 0 Å². The van der Waals surface area contributed by atoms with Gasteiger partial charge >= 0.3 is 0 Å². The summed E-state index contributed by atoms with van der Waals surface area (Å²) in [5.41, 5.74) is 0.527. The van der Waals surface area contributed by atoms with E-state index in [0.717, 1.165) is 12.5 Å². The monoisotopic (exact) mass is 280 g/mol. The molecule has 1 saturated carbocycles. The van der Waals surface area contributed by atoms with E-state index in [9.17, 15) is 0 Å². The van der Waals surface area contributed by atoms with Crippen molar-refractivity contribution in [2.24, 2.45) is 11.3 Å². The minimum absolute atomic E-state index is 0.527. The van der Waals surface area contributed by atoms with Gasteiger partial charge in [-0.1, -0.05) is 26.7 Å². The molecule has 3 nitrogen and oxygen atoms in total. The van der Waals surface area contributed by atoms with Crippen LogP contribution in [0.2, 0.25) is 0 Å². The lowest BCUT2D eigenvalue weighted by molar-refractivity contribution is -0.0553. The Morgan fingerprint density at radius 2 is 1.75 bits per heavy atom. The summed E-state index contributed by atoms with van der Waals surface area (Å²) in [4.78, 5) is 2.72. The molecule has 0 radical (unpaired) electrons. The van der Waals surface area contributed by atoms with E-state index < -0.39 is 0 Å². The van der Waals surface area contributed by atoms with Crippen molar-refractivity contribution in [1.82, 2.24) is 10.2 Å². The third kappa shape index (κ3) is 3.37. The highest BCUT2D eigenvalue weighted by Crippen LogP contribution is 2.40. The van der Waals surface area contributed by atoms with E-state index in [2.05, 4.69) is 24.1 Å². The maximum atomic E-state index is 5.99. The Balaban J connectivity index is 1.60. The third-order valence-electron chi connectivity index (χ3n) is 5.76. The standard InChI is InChI=1S/C17H32N2O/c1-3-18-12-17(8-6-14(2)7-9-17)13-19-10-15-4-5-16(11-19)20-15/h14-16,18H,3-13H2,1-2H3. The van der Waals surface area contributed by atoms with Gasteiger partial charge in [0.05, 0.1) is 12.2 Å². The molecule has 20 heavy (non-hydrogen) atoms. The first-order valence-electron chi connectivity index (χ1n) is 8.78. The van der Waals surface area contributed by atoms with Gasteiger partial charge < -0.3 is 10.1 Å². The summed E-state index contributed by atoms with van der Waals surface area (Å²) < 4.78 is 5.99. The number of likely N-dealkylation sites (tertiary alicyclic amines) is 1. The van der Waals surface area contributed by atoms with Gasteiger partial charge in [0, 0.05) is 26.2 Å². The zero-order valence-electron chi connectivity index (χ0n) is 13.4. The van der Waals surface area contributed by atoms with Crippen LogP contribution in [0.5, 0.6) is 0 Å². The van der Waals surface area contributed by atoms with Gasteiger partial charge in [0.15, 0.2) is 0 Å². The molecule has 3 fully saturated rings. The molecule has 2 heterocycles. The van der Waals surface area contributed by atoms with Crippen molar-refractivity contribution in [2.75, 3.05) is 32.7 Å². The molecule has 0 aromatic carbocycles. The fourth-order valence-electron chi connectivity index (χ4n) is 4.46. The molecule has 0 spiro atoms. The number of nitrogens with one attached hydrogen (secondary N) is 1. The molecular formula is C17H32N2O. The van der Waals surface area contributed by atoms with Crippen molar-refractivity contribution in [3.63, 3.8) is 0 Å². The molecule has 116 valence electrons. The van der Waals surface area contributed by atoms with Crippen LogP contribution >= 0.6 is 0 Å². The van der Waals surface area contributed by atoms with Crippen LogP contribution < -0.4 is 5.32 Å². The normalized spacial score (nSPS) is 42.0. The van der Waals surface area contributed by atoms with Crippen LogP contribution in [0, 0.1) is 11.3 Å². The second-order valence-corrected chi connectivity index (χ2v) is 7.61. The van der Waals surface area contributed by atoms with Crippen molar-refractivity contribution < 1.29 is 4.74 Å². The number of rotatable bonds is 5. The van der Waals surface area contributed by atoms with E-state index in [-0.39, 0.29) is 0 Å². The van der Waals surface area contributed by atoms with E-state index in [1.807, 2.05) is 0 Å². The maximum Gasteiger partial charge on any atom is 0.0707 e. The van der Waals surface area contributed by atoms with Crippen LogP contribution in [-0.4, -0.2) is 49.8 Å². The summed E-state index contributed by atoms with van der Waals surface area (Å²) in [6, 6.07) is 0. The fraction of sp³-hybridized carbons (Fsp3) is 1.00. The smallest absolute Gasteiger partial charge is 0.0707 e. The first kappa shape index (κ1) is 14.8. The van der Waals surface area contributed by atoms with E-state index in [1.54, 1.807) is 0 Å². The van der Waals surface area contributed by atoms with Gasteiger partial charge in [-0.3, -0.25) is 4.90 Å². The highest BCUT2D eigenvalue weighted by molar-refractivity contribution is 4.93. The number of ether oxygens (including phenoxy) is 1. The fourth-order valence-corrected chi connectivity index (χ4v) is 4.46. The highest BCUT2D eigenvalue weighted by atomic mass is 16.5. The Kier molecular flexibility index (Phi) is 4.68. The Bertz CT molecular complexity index is 295. The number of morpholine rings is 1. The van der Waals surface area contributed by atoms with Crippen molar-refractivity contribution in [1.29, 1.82) is 0 Å². The minimum atomic E-state index is 0.527. The third-order valence-corrected chi connectivity index (χ3v) is 5.76. The summed E-state index contributed by atoms with van der Waals surface area (Å²) >= 11 is 0. The van der Waals surface area contributed by atoms with Crippen LogP contribution in [0.4, 0.5) is 0 Å². The maximum absolute atomic E-state index is 5.99. The Hall–Kier alpha value is -0.120. The quantitative estimate of drug-likeness (QED) is 0.838. The lowest BCUT2D eigenvalue weighted by Gasteiger charge is -2.45. The molecule has 1 aliphatic carbocycles. The zero-order chi connectivity index (χ0) is 14.0. The van der Waals surface area contributed by atoms with E-state index in [0.29, 0.717) is 17.6 Å². The van der Waals surface area contributed by atoms with Crippen LogP contribution in [0.3, 0.4) is 0 Å². The van der Waals surface area contributed by atoms with Gasteiger partial charge in [-0.2, -0.15) is 0 Å². The lowest BCUT2D eigenvalue weighted by Crippen LogP contribution is -2.51. The Labute approximate surface area is 124 Å². The summed E-state index contributed by atoms with van der Waals surface area (Å²) in [6.45, 7) is 10.6. The predicted molar refractivity (Wildman–Crippen MR) is 82.9 cm³/mol. The van der Waals surface area contributed by atoms with Gasteiger partial charge in [0.1, 0.15) is 0 Å². The van der Waals surface area contributed by atoms with E-state index in [4.69, 9.17) is 4.74 Å². The number of fused-ring (bicyclic) bond motifs is 2. The molecule has 0 amide bonds. The van der Waals surface area contributed by atoms with Crippen molar-refractivity contribution in [3.05, 3.63) is 0 Å². The summed E-state index contributed by atoms with van der Waals surface area (Å²) in [6.07, 6.45) is 9.31. The lowest BCUT2D eigenvalue weighted by atomic mass is 9.70. The predicted octanol–water partition coefficient (Wildman–Crippen LogP) is 2.66. The van der Waals surface area contributed by atoms with Crippen LogP contribution in [-0.2, 0) is 4.74 Å². The molecule has 2 unspecified atom stereocenters. The second kappa shape index (κ2) is 6.33. The number of hydrogen-bond donors (Lipinski definition) is 1. The topological polar surface area (TPSA) is 24.5 Å². The molecule has 3 heteroatoms. The molecular weight excluding hydrogens is 248 g/mol. The summed E-state index contributed by atoms with van der Waals surface area (Å²) in [7, 11) is 0. The molecule has 0 aromatic rings. The minimum Gasteiger partial charge on any atom is -0.372 e. The number of hydrogen-bond acceptors (Lipinski definition) is 3. The van der Waals surface area contributed by atoms with Crippen LogP contribution in [0.25, 0.3) is 0 Å². The van der Waals surface area contributed by atoms with Gasteiger partial charge in [0.25, 0.3) is 0 Å². The summed E-state index contributed by atoms with van der Waals surface area (Å²) in [5, 5.41) is 3.64. The van der Waals surface area contributed by atoms with Crippen molar-refractivity contribution >= 4 is 0 Å². The average Bonchev–Trinajstić information content (AvgIpc) is 2.79. The molecule has 3 rings (SSSR count).